The third kappa shape index (κ3) is 8.64. The van der Waals surface area contributed by atoms with Gasteiger partial charge in [0.05, 0.1) is 0 Å². The van der Waals surface area contributed by atoms with Crippen LogP contribution in [0, 0.1) is 0 Å². The monoisotopic (exact) mass is 416 g/mol. The Morgan fingerprint density at radius 2 is 1.29 bits per heavy atom. The minimum absolute atomic E-state index is 1.34. The molecule has 0 fully saturated rings. The van der Waals surface area contributed by atoms with Gasteiger partial charge in [0.2, 0.25) is 0 Å². The summed E-state index contributed by atoms with van der Waals surface area (Å²) >= 11 is 0.0843. The van der Waals surface area contributed by atoms with Crippen molar-refractivity contribution in [3.05, 3.63) is 16.3 Å². The van der Waals surface area contributed by atoms with Crippen molar-refractivity contribution in [2.24, 2.45) is 0 Å². The number of thiophene rings is 1. The summed E-state index contributed by atoms with van der Waals surface area (Å²) in [5.74, 6) is 0. The molecule has 1 rings (SSSR count). The molecule has 0 saturated carbocycles. The van der Waals surface area contributed by atoms with Crippen molar-refractivity contribution in [3.8, 4) is 0 Å². The van der Waals surface area contributed by atoms with Crippen LogP contribution in [0.15, 0.2) is 10.8 Å². The summed E-state index contributed by atoms with van der Waals surface area (Å²) in [5.41, 5.74) is 1.70. The van der Waals surface area contributed by atoms with Gasteiger partial charge in [-0.2, -0.15) is 0 Å². The van der Waals surface area contributed by atoms with Crippen molar-refractivity contribution in [3.63, 3.8) is 0 Å². The Labute approximate surface area is 141 Å². The molecule has 0 bridgehead atoms. The molecule has 1 heterocycles. The molecule has 0 amide bonds. The van der Waals surface area contributed by atoms with Gasteiger partial charge in [0, 0.05) is 0 Å². The Kier molecular flexibility index (Phi) is 10.3. The first kappa shape index (κ1) is 19.5. The summed E-state index contributed by atoms with van der Waals surface area (Å²) in [6.45, 7) is 2.29. The zero-order valence-electron chi connectivity index (χ0n) is 14.8. The summed E-state index contributed by atoms with van der Waals surface area (Å²) in [7, 11) is 0. The Hall–Kier alpha value is 0.499. The molecule has 21 heavy (non-hydrogen) atoms. The minimum atomic E-state index is -1.84. The van der Waals surface area contributed by atoms with E-state index in [-0.39, 0.29) is 0 Å². The van der Waals surface area contributed by atoms with Gasteiger partial charge in [-0.25, -0.2) is 0 Å². The van der Waals surface area contributed by atoms with E-state index in [0.717, 1.165) is 0 Å². The van der Waals surface area contributed by atoms with Crippen LogP contribution in [0.5, 0.6) is 0 Å². The van der Waals surface area contributed by atoms with Crippen LogP contribution in [0.1, 0.15) is 76.7 Å². The number of hydrogen-bond donors (Lipinski definition) is 0. The fourth-order valence-corrected chi connectivity index (χ4v) is 11.3. The molecular weight excluding hydrogens is 379 g/mol. The molecule has 0 spiro atoms. The zero-order chi connectivity index (χ0) is 15.6. The van der Waals surface area contributed by atoms with Crippen LogP contribution < -0.4 is 3.58 Å². The molecule has 0 radical (unpaired) electrons. The SMILES string of the molecule is CCCCCCCCCCCCc1csc[c]1[Sn]([CH3])([CH3])[CH3]. The van der Waals surface area contributed by atoms with Gasteiger partial charge in [-0.3, -0.25) is 0 Å². The standard InChI is InChI=1S/C16H27S.3CH3.Sn/c1-2-3-4-5-6-7-8-9-10-11-12-16-13-14-17-15-16;;;;/h14-15H,2-12H2,1H3;3*1H3;. The van der Waals surface area contributed by atoms with E-state index in [1.54, 1.807) is 9.14 Å². The molecule has 0 atom stereocenters. The Morgan fingerprint density at radius 1 is 0.762 bits per heavy atom. The molecule has 0 saturated heterocycles. The summed E-state index contributed by atoms with van der Waals surface area (Å²) in [5, 5.41) is 4.87. The number of hydrogen-bond acceptors (Lipinski definition) is 1. The van der Waals surface area contributed by atoms with Gasteiger partial charge in [0.1, 0.15) is 0 Å². The Morgan fingerprint density at radius 3 is 1.81 bits per heavy atom. The van der Waals surface area contributed by atoms with Crippen molar-refractivity contribution in [1.82, 2.24) is 0 Å². The molecular formula is C19H36SSn. The maximum absolute atomic E-state index is 2.54. The molecule has 1 aromatic heterocycles. The van der Waals surface area contributed by atoms with E-state index >= 15 is 0 Å². The van der Waals surface area contributed by atoms with Gasteiger partial charge in [-0.05, 0) is 0 Å². The van der Waals surface area contributed by atoms with Crippen LogP contribution in [-0.4, -0.2) is 18.4 Å². The molecule has 0 aliphatic heterocycles. The second-order valence-corrected chi connectivity index (χ2v) is 22.6. The van der Waals surface area contributed by atoms with Crippen LogP contribution in [0.4, 0.5) is 0 Å². The summed E-state index contributed by atoms with van der Waals surface area (Å²) in [4.78, 5) is 7.62. The first-order valence-electron chi connectivity index (χ1n) is 9.11. The maximum atomic E-state index is 2.54. The van der Waals surface area contributed by atoms with Crippen LogP contribution in [-0.2, 0) is 6.42 Å². The number of unbranched alkanes of at least 4 members (excludes halogenated alkanes) is 9. The summed E-state index contributed by atoms with van der Waals surface area (Å²) < 4.78 is 1.78. The van der Waals surface area contributed by atoms with E-state index in [1.807, 2.05) is 11.3 Å². The topological polar surface area (TPSA) is 0 Å². The third-order valence-corrected chi connectivity index (χ3v) is 11.7. The molecule has 0 unspecified atom stereocenters. The van der Waals surface area contributed by atoms with Crippen LogP contribution in [0.2, 0.25) is 14.8 Å². The number of aryl methyl sites for hydroxylation is 1. The predicted octanol–water partition coefficient (Wildman–Crippen LogP) is 6.76. The average Bonchev–Trinajstić information content (AvgIpc) is 2.89. The predicted molar refractivity (Wildman–Crippen MR) is 103 cm³/mol. The molecule has 1 aromatic rings. The quantitative estimate of drug-likeness (QED) is 0.262. The van der Waals surface area contributed by atoms with Gasteiger partial charge < -0.3 is 0 Å². The molecule has 122 valence electrons. The fourth-order valence-electron chi connectivity index (χ4n) is 2.98. The van der Waals surface area contributed by atoms with Crippen LogP contribution in [0.3, 0.4) is 0 Å². The number of rotatable bonds is 12. The molecule has 0 N–H and O–H groups in total. The first-order valence-corrected chi connectivity index (χ1v) is 20.0. The second kappa shape index (κ2) is 11.1. The van der Waals surface area contributed by atoms with E-state index in [4.69, 9.17) is 0 Å². The van der Waals surface area contributed by atoms with E-state index in [0.29, 0.717) is 0 Å². The van der Waals surface area contributed by atoms with Crippen molar-refractivity contribution in [2.75, 3.05) is 0 Å². The van der Waals surface area contributed by atoms with E-state index in [1.165, 1.54) is 70.6 Å². The third-order valence-electron chi connectivity index (χ3n) is 4.35. The summed E-state index contributed by atoms with van der Waals surface area (Å²) in [6, 6.07) is 0. The van der Waals surface area contributed by atoms with Crippen LogP contribution in [0.25, 0.3) is 0 Å². The zero-order valence-corrected chi connectivity index (χ0v) is 18.5. The second-order valence-electron chi connectivity index (χ2n) is 7.49. The van der Waals surface area contributed by atoms with Gasteiger partial charge in [0.15, 0.2) is 0 Å². The van der Waals surface area contributed by atoms with Crippen molar-refractivity contribution >= 4 is 33.3 Å². The van der Waals surface area contributed by atoms with Gasteiger partial charge in [-0.15, -0.1) is 0 Å². The molecule has 0 nitrogen and oxygen atoms in total. The Bertz CT molecular complexity index is 362. The first-order chi connectivity index (χ1) is 10.1. The van der Waals surface area contributed by atoms with E-state index in [9.17, 15) is 0 Å². The molecule has 0 aliphatic carbocycles. The van der Waals surface area contributed by atoms with Gasteiger partial charge in [0.25, 0.3) is 0 Å². The van der Waals surface area contributed by atoms with Crippen molar-refractivity contribution < 1.29 is 0 Å². The van der Waals surface area contributed by atoms with Crippen LogP contribution >= 0.6 is 11.3 Å². The average molecular weight is 415 g/mol. The van der Waals surface area contributed by atoms with Gasteiger partial charge in [-0.1, -0.05) is 13.3 Å². The molecule has 0 aromatic carbocycles. The summed E-state index contributed by atoms with van der Waals surface area (Å²) in [6.07, 6.45) is 15.7. The molecule has 2 heteroatoms. The van der Waals surface area contributed by atoms with Crippen molar-refractivity contribution in [1.29, 1.82) is 0 Å². The van der Waals surface area contributed by atoms with Crippen molar-refractivity contribution in [2.45, 2.75) is 92.4 Å². The Balaban J connectivity index is 2.04. The molecule has 0 aliphatic rings. The fraction of sp³-hybridized carbons (Fsp3) is 0.789. The van der Waals surface area contributed by atoms with E-state index in [2.05, 4.69) is 32.5 Å². The van der Waals surface area contributed by atoms with E-state index < -0.39 is 18.4 Å². The van der Waals surface area contributed by atoms with Gasteiger partial charge >= 0.3 is 129 Å². The normalized spacial score (nSPS) is 12.0.